The van der Waals surface area contributed by atoms with Crippen LogP contribution in [0.15, 0.2) is 18.7 Å². The highest BCUT2D eigenvalue weighted by atomic mass is 15.2. The molecule has 0 spiro atoms. The van der Waals surface area contributed by atoms with E-state index in [4.69, 9.17) is 0 Å². The zero-order valence-electron chi connectivity index (χ0n) is 10.4. The predicted molar refractivity (Wildman–Crippen MR) is 68.0 cm³/mol. The largest absolute Gasteiger partial charge is 0.367 e. The standard InChI is InChI=1S/C13H20N4/c1-13(11-3-4-11)9-17(6-2-5-16-13)12-7-14-10-15-8-12/h7-8,10-11,16H,2-6,9H2,1H3. The van der Waals surface area contributed by atoms with Gasteiger partial charge >= 0.3 is 0 Å². The van der Waals surface area contributed by atoms with Gasteiger partial charge in [0.25, 0.3) is 0 Å². The molecule has 1 aromatic heterocycles. The van der Waals surface area contributed by atoms with Crippen molar-refractivity contribution in [1.29, 1.82) is 0 Å². The Balaban J connectivity index is 1.80. The third kappa shape index (κ3) is 2.27. The van der Waals surface area contributed by atoms with Crippen molar-refractivity contribution in [2.75, 3.05) is 24.5 Å². The molecule has 1 saturated carbocycles. The number of nitrogens with one attached hydrogen (secondary N) is 1. The molecule has 17 heavy (non-hydrogen) atoms. The second kappa shape index (κ2) is 4.26. The number of hydrogen-bond donors (Lipinski definition) is 1. The van der Waals surface area contributed by atoms with Crippen LogP contribution >= 0.6 is 0 Å². The number of aromatic nitrogens is 2. The van der Waals surface area contributed by atoms with E-state index >= 15 is 0 Å². The Bertz CT molecular complexity index is 376. The van der Waals surface area contributed by atoms with Gasteiger partial charge in [-0.3, -0.25) is 0 Å². The van der Waals surface area contributed by atoms with Gasteiger partial charge in [0.1, 0.15) is 6.33 Å². The second-order valence-electron chi connectivity index (χ2n) is 5.49. The molecule has 0 bridgehead atoms. The van der Waals surface area contributed by atoms with Crippen molar-refractivity contribution in [3.63, 3.8) is 0 Å². The van der Waals surface area contributed by atoms with Gasteiger partial charge in [0, 0.05) is 18.6 Å². The lowest BCUT2D eigenvalue weighted by Gasteiger charge is -2.34. The molecule has 92 valence electrons. The minimum absolute atomic E-state index is 0.270. The average molecular weight is 232 g/mol. The van der Waals surface area contributed by atoms with E-state index in [1.807, 2.05) is 12.4 Å². The van der Waals surface area contributed by atoms with Crippen LogP contribution in [0.25, 0.3) is 0 Å². The fraction of sp³-hybridized carbons (Fsp3) is 0.692. The Kier molecular flexibility index (Phi) is 2.74. The summed E-state index contributed by atoms with van der Waals surface area (Å²) in [6.45, 7) is 5.66. The van der Waals surface area contributed by atoms with Crippen LogP contribution in [0.4, 0.5) is 5.69 Å². The molecular formula is C13H20N4. The van der Waals surface area contributed by atoms with E-state index < -0.39 is 0 Å². The first-order valence-corrected chi connectivity index (χ1v) is 6.53. The van der Waals surface area contributed by atoms with Crippen molar-refractivity contribution in [1.82, 2.24) is 15.3 Å². The van der Waals surface area contributed by atoms with Crippen LogP contribution in [0.2, 0.25) is 0 Å². The van der Waals surface area contributed by atoms with Crippen molar-refractivity contribution in [2.45, 2.75) is 31.7 Å². The van der Waals surface area contributed by atoms with Gasteiger partial charge in [-0.15, -0.1) is 0 Å². The van der Waals surface area contributed by atoms with Crippen molar-refractivity contribution >= 4 is 5.69 Å². The van der Waals surface area contributed by atoms with Crippen molar-refractivity contribution in [3.8, 4) is 0 Å². The van der Waals surface area contributed by atoms with Gasteiger partial charge in [0.05, 0.1) is 18.1 Å². The lowest BCUT2D eigenvalue weighted by Crippen LogP contribution is -2.51. The molecule has 0 aromatic carbocycles. The van der Waals surface area contributed by atoms with E-state index in [1.165, 1.54) is 19.3 Å². The minimum atomic E-state index is 0.270. The van der Waals surface area contributed by atoms with E-state index in [0.717, 1.165) is 31.2 Å². The number of anilines is 1. The molecule has 4 nitrogen and oxygen atoms in total. The van der Waals surface area contributed by atoms with Gasteiger partial charge in [-0.05, 0) is 38.6 Å². The summed E-state index contributed by atoms with van der Waals surface area (Å²) >= 11 is 0. The number of hydrogen-bond acceptors (Lipinski definition) is 4. The molecule has 3 rings (SSSR count). The van der Waals surface area contributed by atoms with Gasteiger partial charge < -0.3 is 10.2 Å². The van der Waals surface area contributed by atoms with Crippen LogP contribution in [0.5, 0.6) is 0 Å². The number of rotatable bonds is 2. The van der Waals surface area contributed by atoms with Crippen LogP contribution in [-0.2, 0) is 0 Å². The Morgan fingerprint density at radius 3 is 2.82 bits per heavy atom. The lowest BCUT2D eigenvalue weighted by atomic mass is 9.95. The van der Waals surface area contributed by atoms with Crippen LogP contribution < -0.4 is 10.2 Å². The molecule has 0 radical (unpaired) electrons. The molecular weight excluding hydrogens is 212 g/mol. The fourth-order valence-electron chi connectivity index (χ4n) is 2.84. The zero-order chi connectivity index (χ0) is 11.7. The van der Waals surface area contributed by atoms with Crippen LogP contribution in [-0.4, -0.2) is 35.1 Å². The van der Waals surface area contributed by atoms with Crippen LogP contribution in [0, 0.1) is 5.92 Å². The van der Waals surface area contributed by atoms with E-state index in [9.17, 15) is 0 Å². The van der Waals surface area contributed by atoms with E-state index in [-0.39, 0.29) is 5.54 Å². The fourth-order valence-corrected chi connectivity index (χ4v) is 2.84. The summed E-state index contributed by atoms with van der Waals surface area (Å²) in [5.41, 5.74) is 1.43. The van der Waals surface area contributed by atoms with Gasteiger partial charge in [-0.1, -0.05) is 0 Å². The van der Waals surface area contributed by atoms with Crippen LogP contribution in [0.1, 0.15) is 26.2 Å². The summed E-state index contributed by atoms with van der Waals surface area (Å²) in [6, 6.07) is 0. The van der Waals surface area contributed by atoms with E-state index in [1.54, 1.807) is 6.33 Å². The Morgan fingerprint density at radius 1 is 1.35 bits per heavy atom. The normalized spacial score (nSPS) is 30.1. The Labute approximate surface area is 102 Å². The Morgan fingerprint density at radius 2 is 2.12 bits per heavy atom. The topological polar surface area (TPSA) is 41.1 Å². The average Bonchev–Trinajstić information content (AvgIpc) is 3.17. The molecule has 1 aromatic rings. The summed E-state index contributed by atoms with van der Waals surface area (Å²) in [7, 11) is 0. The van der Waals surface area contributed by atoms with E-state index in [0.29, 0.717) is 0 Å². The quantitative estimate of drug-likeness (QED) is 0.838. The third-order valence-electron chi connectivity index (χ3n) is 4.04. The monoisotopic (exact) mass is 232 g/mol. The van der Waals surface area contributed by atoms with Gasteiger partial charge in [0.15, 0.2) is 0 Å². The highest BCUT2D eigenvalue weighted by Crippen LogP contribution is 2.41. The molecule has 2 heterocycles. The van der Waals surface area contributed by atoms with Crippen molar-refractivity contribution in [2.24, 2.45) is 5.92 Å². The molecule has 1 N–H and O–H groups in total. The number of nitrogens with zero attached hydrogens (tertiary/aromatic N) is 3. The zero-order valence-corrected chi connectivity index (χ0v) is 10.4. The molecule has 1 unspecified atom stereocenters. The summed E-state index contributed by atoms with van der Waals surface area (Å²) in [5.74, 6) is 0.854. The molecule has 2 fully saturated rings. The van der Waals surface area contributed by atoms with E-state index in [2.05, 4.69) is 27.1 Å². The smallest absolute Gasteiger partial charge is 0.115 e. The lowest BCUT2D eigenvalue weighted by molar-refractivity contribution is 0.331. The summed E-state index contributed by atoms with van der Waals surface area (Å²) in [5, 5.41) is 3.74. The predicted octanol–water partition coefficient (Wildman–Crippen LogP) is 1.45. The first kappa shape index (κ1) is 11.0. The molecule has 1 atom stereocenters. The second-order valence-corrected chi connectivity index (χ2v) is 5.49. The van der Waals surface area contributed by atoms with Gasteiger partial charge in [0.2, 0.25) is 0 Å². The summed E-state index contributed by atoms with van der Waals surface area (Å²) in [4.78, 5) is 10.7. The molecule has 2 aliphatic rings. The SMILES string of the molecule is CC1(C2CC2)CN(c2cncnc2)CCCN1. The maximum atomic E-state index is 4.13. The summed E-state index contributed by atoms with van der Waals surface area (Å²) < 4.78 is 0. The third-order valence-corrected chi connectivity index (χ3v) is 4.04. The molecule has 1 saturated heterocycles. The molecule has 1 aliphatic heterocycles. The van der Waals surface area contributed by atoms with Crippen molar-refractivity contribution < 1.29 is 0 Å². The van der Waals surface area contributed by atoms with Crippen molar-refractivity contribution in [3.05, 3.63) is 18.7 Å². The molecule has 0 amide bonds. The maximum absolute atomic E-state index is 4.13. The maximum Gasteiger partial charge on any atom is 0.115 e. The highest BCUT2D eigenvalue weighted by Gasteiger charge is 2.43. The van der Waals surface area contributed by atoms with Gasteiger partial charge in [-0.2, -0.15) is 0 Å². The molecule has 1 aliphatic carbocycles. The first-order chi connectivity index (χ1) is 8.28. The first-order valence-electron chi connectivity index (χ1n) is 6.53. The Hall–Kier alpha value is -1.16. The summed E-state index contributed by atoms with van der Waals surface area (Å²) in [6.07, 6.45) is 9.39. The van der Waals surface area contributed by atoms with Gasteiger partial charge in [-0.25, -0.2) is 9.97 Å². The molecule has 4 heteroatoms. The minimum Gasteiger partial charge on any atom is -0.367 e. The highest BCUT2D eigenvalue weighted by molar-refractivity contribution is 5.42. The van der Waals surface area contributed by atoms with Crippen LogP contribution in [0.3, 0.4) is 0 Å².